The number of nitrogens with zero attached hydrogens (tertiary/aromatic N) is 5. The topological polar surface area (TPSA) is 86.0 Å². The van der Waals surface area contributed by atoms with E-state index in [9.17, 15) is 14.3 Å². The summed E-state index contributed by atoms with van der Waals surface area (Å²) in [7, 11) is 0. The average molecular weight is 459 g/mol. The fourth-order valence-electron chi connectivity index (χ4n) is 4.58. The number of aliphatic hydroxyl groups is 1. The Morgan fingerprint density at radius 1 is 1.22 bits per heavy atom. The minimum absolute atomic E-state index is 0.0797. The molecule has 32 heavy (non-hydrogen) atoms. The first kappa shape index (κ1) is 21.0. The minimum atomic E-state index is -0.495. The first-order valence-corrected chi connectivity index (χ1v) is 11.2. The predicted octanol–water partition coefficient (Wildman–Crippen LogP) is 3.85. The van der Waals surface area contributed by atoms with E-state index < -0.39 is 6.10 Å². The van der Waals surface area contributed by atoms with Crippen molar-refractivity contribution in [2.75, 3.05) is 29.9 Å². The minimum Gasteiger partial charge on any atom is -0.391 e. The van der Waals surface area contributed by atoms with E-state index in [1.165, 1.54) is 12.1 Å². The quantitative estimate of drug-likeness (QED) is 0.622. The normalized spacial score (nSPS) is 21.3. The van der Waals surface area contributed by atoms with Crippen LogP contribution < -0.4 is 10.2 Å². The number of carbonyl (C=O) groups is 1. The number of rotatable bonds is 3. The largest absolute Gasteiger partial charge is 0.391 e. The molecular formula is C22H24ClFN6O2. The van der Waals surface area contributed by atoms with Gasteiger partial charge in [-0.25, -0.2) is 18.7 Å². The van der Waals surface area contributed by atoms with E-state index in [-0.39, 0.29) is 17.9 Å². The Kier molecular flexibility index (Phi) is 5.60. The first-order chi connectivity index (χ1) is 15.5. The van der Waals surface area contributed by atoms with Gasteiger partial charge in [-0.15, -0.1) is 0 Å². The molecule has 2 aliphatic heterocycles. The van der Waals surface area contributed by atoms with Gasteiger partial charge >= 0.3 is 6.03 Å². The van der Waals surface area contributed by atoms with Crippen LogP contribution in [0.3, 0.4) is 0 Å². The van der Waals surface area contributed by atoms with E-state index in [0.717, 1.165) is 31.4 Å². The molecule has 3 aromatic rings. The van der Waals surface area contributed by atoms with Crippen molar-refractivity contribution in [3.8, 4) is 0 Å². The Hall–Kier alpha value is -2.91. The molecule has 2 amide bonds. The standard InChI is InChI=1S/C22H24ClFN6O2/c23-17-6-5-14(24)11-16(17)19-4-2-9-29(19)20-7-10-30-21(27-20)18(12-25-30)26-22(32)28-8-1-3-15(31)13-28/h5-7,10-12,15,19,31H,1-4,8-9,13H2,(H,26,32). The van der Waals surface area contributed by atoms with Gasteiger partial charge in [-0.1, -0.05) is 11.6 Å². The highest BCUT2D eigenvalue weighted by Gasteiger charge is 2.30. The van der Waals surface area contributed by atoms with Crippen molar-refractivity contribution in [3.05, 3.63) is 53.1 Å². The van der Waals surface area contributed by atoms with Crippen molar-refractivity contribution in [1.82, 2.24) is 19.5 Å². The van der Waals surface area contributed by atoms with Crippen molar-refractivity contribution in [1.29, 1.82) is 0 Å². The molecule has 2 fully saturated rings. The van der Waals surface area contributed by atoms with E-state index in [1.54, 1.807) is 27.9 Å². The summed E-state index contributed by atoms with van der Waals surface area (Å²) in [6.45, 7) is 1.68. The van der Waals surface area contributed by atoms with Crippen LogP contribution in [-0.2, 0) is 0 Å². The summed E-state index contributed by atoms with van der Waals surface area (Å²) in [5.41, 5.74) is 1.76. The number of fused-ring (bicyclic) bond motifs is 1. The van der Waals surface area contributed by atoms with E-state index in [4.69, 9.17) is 16.6 Å². The van der Waals surface area contributed by atoms with Crippen molar-refractivity contribution < 1.29 is 14.3 Å². The number of likely N-dealkylation sites (tertiary alicyclic amines) is 1. The van der Waals surface area contributed by atoms with E-state index in [2.05, 4.69) is 15.3 Å². The lowest BCUT2D eigenvalue weighted by Crippen LogP contribution is -2.44. The second-order valence-corrected chi connectivity index (χ2v) is 8.71. The maximum Gasteiger partial charge on any atom is 0.322 e. The third-order valence-electron chi connectivity index (χ3n) is 6.14. The smallest absolute Gasteiger partial charge is 0.322 e. The maximum absolute atomic E-state index is 13.9. The van der Waals surface area contributed by atoms with Crippen molar-refractivity contribution >= 4 is 34.8 Å². The molecule has 0 aliphatic carbocycles. The predicted molar refractivity (Wildman–Crippen MR) is 120 cm³/mol. The summed E-state index contributed by atoms with van der Waals surface area (Å²) in [5, 5.41) is 17.5. The van der Waals surface area contributed by atoms with Crippen LogP contribution >= 0.6 is 11.6 Å². The Morgan fingerprint density at radius 2 is 2.06 bits per heavy atom. The number of aromatic nitrogens is 3. The highest BCUT2D eigenvalue weighted by atomic mass is 35.5. The Bertz CT molecular complexity index is 1150. The number of aliphatic hydroxyl groups excluding tert-OH is 1. The monoisotopic (exact) mass is 458 g/mol. The highest BCUT2D eigenvalue weighted by molar-refractivity contribution is 6.31. The summed E-state index contributed by atoms with van der Waals surface area (Å²) in [5.74, 6) is 0.396. The third kappa shape index (κ3) is 3.98. The van der Waals surface area contributed by atoms with Gasteiger partial charge in [0.25, 0.3) is 0 Å². The summed E-state index contributed by atoms with van der Waals surface area (Å²) in [6, 6.07) is 5.93. The zero-order chi connectivity index (χ0) is 22.2. The number of β-amino-alcohol motifs (C(OH)–C–C–N with tert-alkyl or cyclic N) is 1. The Balaban J connectivity index is 1.42. The number of hydrogen-bond donors (Lipinski definition) is 2. The fourth-order valence-corrected chi connectivity index (χ4v) is 4.82. The number of amides is 2. The lowest BCUT2D eigenvalue weighted by atomic mass is 10.0. The van der Waals surface area contributed by atoms with Crippen LogP contribution in [-0.4, -0.2) is 56.4 Å². The number of urea groups is 1. The van der Waals surface area contributed by atoms with E-state index in [1.807, 2.05) is 6.07 Å². The molecule has 2 unspecified atom stereocenters. The van der Waals surface area contributed by atoms with Crippen LogP contribution in [0.25, 0.3) is 5.65 Å². The van der Waals surface area contributed by atoms with Gasteiger partial charge < -0.3 is 20.2 Å². The van der Waals surface area contributed by atoms with Crippen molar-refractivity contribution in [2.24, 2.45) is 0 Å². The third-order valence-corrected chi connectivity index (χ3v) is 6.49. The molecule has 0 bridgehead atoms. The van der Waals surface area contributed by atoms with Gasteiger partial charge in [0.15, 0.2) is 5.65 Å². The summed E-state index contributed by atoms with van der Waals surface area (Å²) < 4.78 is 15.5. The molecule has 0 spiro atoms. The van der Waals surface area contributed by atoms with Crippen molar-refractivity contribution in [2.45, 2.75) is 37.8 Å². The molecule has 10 heteroatoms. The zero-order valence-corrected chi connectivity index (χ0v) is 18.2. The van der Waals surface area contributed by atoms with Gasteiger partial charge in [0.05, 0.1) is 18.3 Å². The number of piperidine rings is 1. The number of hydrogen-bond acceptors (Lipinski definition) is 5. The van der Waals surface area contributed by atoms with Crippen LogP contribution in [0.4, 0.5) is 20.7 Å². The molecule has 2 aliphatic rings. The van der Waals surface area contributed by atoms with Gasteiger partial charge in [-0.2, -0.15) is 5.10 Å². The molecule has 2 N–H and O–H groups in total. The second kappa shape index (κ2) is 8.55. The van der Waals surface area contributed by atoms with Crippen LogP contribution in [0.1, 0.15) is 37.3 Å². The highest BCUT2D eigenvalue weighted by Crippen LogP contribution is 2.38. The van der Waals surface area contributed by atoms with Crippen LogP contribution in [0, 0.1) is 5.82 Å². The van der Waals surface area contributed by atoms with Gasteiger partial charge in [0.2, 0.25) is 0 Å². The molecule has 168 valence electrons. The fraction of sp³-hybridized carbons (Fsp3) is 0.409. The van der Waals surface area contributed by atoms with Gasteiger partial charge in [-0.3, -0.25) is 0 Å². The van der Waals surface area contributed by atoms with E-state index in [0.29, 0.717) is 41.7 Å². The van der Waals surface area contributed by atoms with Gasteiger partial charge in [0, 0.05) is 30.9 Å². The molecule has 0 radical (unpaired) electrons. The number of benzene rings is 1. The number of carbonyl (C=O) groups excluding carboxylic acids is 1. The Morgan fingerprint density at radius 3 is 2.91 bits per heavy atom. The number of nitrogens with one attached hydrogen (secondary N) is 1. The molecule has 0 saturated carbocycles. The molecular weight excluding hydrogens is 435 g/mol. The van der Waals surface area contributed by atoms with Crippen LogP contribution in [0.5, 0.6) is 0 Å². The molecule has 2 atom stereocenters. The molecule has 4 heterocycles. The van der Waals surface area contributed by atoms with Gasteiger partial charge in [-0.05, 0) is 55.5 Å². The van der Waals surface area contributed by atoms with Crippen molar-refractivity contribution in [3.63, 3.8) is 0 Å². The van der Waals surface area contributed by atoms with E-state index >= 15 is 0 Å². The molecule has 1 aromatic carbocycles. The molecule has 2 aromatic heterocycles. The molecule has 2 saturated heterocycles. The zero-order valence-electron chi connectivity index (χ0n) is 17.4. The molecule has 8 nitrogen and oxygen atoms in total. The van der Waals surface area contributed by atoms with Crippen LogP contribution in [0.15, 0.2) is 36.7 Å². The lowest BCUT2D eigenvalue weighted by molar-refractivity contribution is 0.0883. The first-order valence-electron chi connectivity index (χ1n) is 10.8. The molecule has 5 rings (SSSR count). The Labute approximate surface area is 189 Å². The summed E-state index contributed by atoms with van der Waals surface area (Å²) in [4.78, 5) is 21.2. The lowest BCUT2D eigenvalue weighted by Gasteiger charge is -2.30. The average Bonchev–Trinajstić information content (AvgIpc) is 3.42. The van der Waals surface area contributed by atoms with Crippen LogP contribution in [0.2, 0.25) is 5.02 Å². The number of anilines is 2. The SMILES string of the molecule is O=C(Nc1cnn2ccc(N3CCCC3c3cc(F)ccc3Cl)nc12)N1CCCC(O)C1. The number of halogens is 2. The van der Waals surface area contributed by atoms with Gasteiger partial charge in [0.1, 0.15) is 17.3 Å². The summed E-state index contributed by atoms with van der Waals surface area (Å²) in [6.07, 6.45) is 6.11. The second-order valence-electron chi connectivity index (χ2n) is 8.30. The summed E-state index contributed by atoms with van der Waals surface area (Å²) >= 11 is 6.38. The maximum atomic E-state index is 13.9.